The van der Waals surface area contributed by atoms with Gasteiger partial charge in [-0.2, -0.15) is 0 Å². The molecule has 0 saturated heterocycles. The number of unbranched alkanes of at least 4 members (excludes halogenated alkanes) is 44. The standard InChI is InChI=1S/C64H123NO5/c1-3-5-7-9-11-13-15-17-19-20-21-22-23-24-25-26-29-32-36-40-44-48-52-56-62(67)61(60-66)65-63(68)57-53-49-45-41-37-33-30-27-28-31-35-39-43-47-51-55-59-70-64(69)58-54-50-46-42-38-34-18-16-14-12-10-8-6-4-2/h16,18,27,30,61-62,66-67H,3-15,17,19-26,28-29,31-60H2,1-2H3,(H,65,68)/b18-16-,30-27-. The molecule has 0 heterocycles. The van der Waals surface area contributed by atoms with Crippen molar-refractivity contribution in [2.45, 2.75) is 360 Å². The number of carbonyl (C=O) groups is 2. The van der Waals surface area contributed by atoms with Crippen molar-refractivity contribution in [2.75, 3.05) is 13.2 Å². The minimum Gasteiger partial charge on any atom is -0.466 e. The molecule has 0 spiro atoms. The first-order valence-corrected chi connectivity index (χ1v) is 31.6. The Bertz CT molecular complexity index is 1090. The number of aliphatic hydroxyl groups is 2. The Hall–Kier alpha value is -1.66. The number of ether oxygens (including phenoxy) is 1. The Balaban J connectivity index is 3.46. The van der Waals surface area contributed by atoms with Crippen molar-refractivity contribution in [1.29, 1.82) is 0 Å². The van der Waals surface area contributed by atoms with Crippen molar-refractivity contribution >= 4 is 11.9 Å². The van der Waals surface area contributed by atoms with E-state index in [-0.39, 0.29) is 18.5 Å². The van der Waals surface area contributed by atoms with Gasteiger partial charge in [0.25, 0.3) is 0 Å². The Morgan fingerprint density at radius 2 is 0.671 bits per heavy atom. The number of esters is 1. The molecule has 0 aromatic carbocycles. The van der Waals surface area contributed by atoms with Crippen LogP contribution in [0.3, 0.4) is 0 Å². The smallest absolute Gasteiger partial charge is 0.305 e. The number of hydrogen-bond donors (Lipinski definition) is 3. The van der Waals surface area contributed by atoms with Gasteiger partial charge in [0.15, 0.2) is 0 Å². The first-order valence-electron chi connectivity index (χ1n) is 31.6. The van der Waals surface area contributed by atoms with Gasteiger partial charge >= 0.3 is 5.97 Å². The van der Waals surface area contributed by atoms with Crippen LogP contribution in [0.2, 0.25) is 0 Å². The van der Waals surface area contributed by atoms with Gasteiger partial charge in [-0.1, -0.05) is 282 Å². The van der Waals surface area contributed by atoms with Gasteiger partial charge < -0.3 is 20.3 Å². The molecule has 6 nitrogen and oxygen atoms in total. The third kappa shape index (κ3) is 55.7. The zero-order chi connectivity index (χ0) is 50.7. The van der Waals surface area contributed by atoms with E-state index in [1.807, 2.05) is 0 Å². The number of hydrogen-bond acceptors (Lipinski definition) is 5. The minimum absolute atomic E-state index is 0.0106. The van der Waals surface area contributed by atoms with Crippen LogP contribution in [0.1, 0.15) is 348 Å². The van der Waals surface area contributed by atoms with Crippen molar-refractivity contribution in [3.8, 4) is 0 Å². The molecule has 0 aliphatic carbocycles. The van der Waals surface area contributed by atoms with Crippen LogP contribution in [0.25, 0.3) is 0 Å². The lowest BCUT2D eigenvalue weighted by Gasteiger charge is -2.22. The predicted molar refractivity (Wildman–Crippen MR) is 306 cm³/mol. The predicted octanol–water partition coefficient (Wildman–Crippen LogP) is 19.8. The van der Waals surface area contributed by atoms with Crippen LogP contribution in [0.5, 0.6) is 0 Å². The maximum absolute atomic E-state index is 12.5. The van der Waals surface area contributed by atoms with Gasteiger partial charge in [-0.25, -0.2) is 0 Å². The molecule has 6 heteroatoms. The molecule has 0 aliphatic rings. The van der Waals surface area contributed by atoms with E-state index in [9.17, 15) is 19.8 Å². The summed E-state index contributed by atoms with van der Waals surface area (Å²) in [6, 6.07) is -0.555. The van der Waals surface area contributed by atoms with E-state index in [4.69, 9.17) is 4.74 Å². The lowest BCUT2D eigenvalue weighted by molar-refractivity contribution is -0.143. The maximum atomic E-state index is 12.5. The Morgan fingerprint density at radius 1 is 0.386 bits per heavy atom. The molecular weight excluding hydrogens is 863 g/mol. The molecule has 70 heavy (non-hydrogen) atoms. The average molecular weight is 987 g/mol. The summed E-state index contributed by atoms with van der Waals surface area (Å²) in [5.41, 5.74) is 0. The monoisotopic (exact) mass is 986 g/mol. The summed E-state index contributed by atoms with van der Waals surface area (Å²) in [5, 5.41) is 23.4. The zero-order valence-corrected chi connectivity index (χ0v) is 47.3. The number of aliphatic hydroxyl groups excluding tert-OH is 2. The molecule has 0 fully saturated rings. The summed E-state index contributed by atoms with van der Waals surface area (Å²) in [6.07, 6.45) is 73.3. The van der Waals surface area contributed by atoms with E-state index in [2.05, 4.69) is 43.5 Å². The van der Waals surface area contributed by atoms with Crippen LogP contribution < -0.4 is 5.32 Å². The summed E-state index contributed by atoms with van der Waals surface area (Å²) < 4.78 is 5.47. The highest BCUT2D eigenvalue weighted by Gasteiger charge is 2.20. The van der Waals surface area contributed by atoms with Crippen molar-refractivity contribution in [3.63, 3.8) is 0 Å². The second-order valence-electron chi connectivity index (χ2n) is 21.7. The molecule has 0 aromatic heterocycles. The summed E-state index contributed by atoms with van der Waals surface area (Å²) in [4.78, 5) is 24.6. The maximum Gasteiger partial charge on any atom is 0.305 e. The third-order valence-electron chi connectivity index (χ3n) is 14.7. The molecule has 0 aliphatic heterocycles. The summed E-state index contributed by atoms with van der Waals surface area (Å²) in [5.74, 6) is -0.0593. The highest BCUT2D eigenvalue weighted by molar-refractivity contribution is 5.76. The number of carbonyl (C=O) groups excluding carboxylic acids is 2. The molecule has 2 unspecified atom stereocenters. The molecule has 1 amide bonds. The second kappa shape index (κ2) is 59.9. The fourth-order valence-electron chi connectivity index (χ4n) is 9.87. The molecule has 3 N–H and O–H groups in total. The van der Waals surface area contributed by atoms with Gasteiger partial charge in [-0.15, -0.1) is 0 Å². The minimum atomic E-state index is -0.676. The fraction of sp³-hybridized carbons (Fsp3) is 0.906. The van der Waals surface area contributed by atoms with Gasteiger partial charge in [0.1, 0.15) is 0 Å². The second-order valence-corrected chi connectivity index (χ2v) is 21.7. The van der Waals surface area contributed by atoms with Crippen molar-refractivity contribution in [1.82, 2.24) is 5.32 Å². The lowest BCUT2D eigenvalue weighted by atomic mass is 10.0. The van der Waals surface area contributed by atoms with Crippen LogP contribution >= 0.6 is 0 Å². The van der Waals surface area contributed by atoms with Crippen LogP contribution in [-0.2, 0) is 14.3 Å². The number of rotatable bonds is 59. The highest BCUT2D eigenvalue weighted by Crippen LogP contribution is 2.18. The highest BCUT2D eigenvalue weighted by atomic mass is 16.5. The van der Waals surface area contributed by atoms with Crippen LogP contribution in [0.15, 0.2) is 24.3 Å². The number of nitrogens with one attached hydrogen (secondary N) is 1. The molecule has 0 rings (SSSR count). The van der Waals surface area contributed by atoms with Crippen molar-refractivity contribution < 1.29 is 24.5 Å². The van der Waals surface area contributed by atoms with Crippen molar-refractivity contribution in [3.05, 3.63) is 24.3 Å². The van der Waals surface area contributed by atoms with Crippen LogP contribution in [0.4, 0.5) is 0 Å². The quantitative estimate of drug-likeness (QED) is 0.0321. The molecule has 2 atom stereocenters. The Labute approximate surface area is 437 Å². The zero-order valence-electron chi connectivity index (χ0n) is 47.3. The Morgan fingerprint density at radius 3 is 1.01 bits per heavy atom. The Kier molecular flexibility index (Phi) is 58.5. The van der Waals surface area contributed by atoms with E-state index in [1.165, 1.54) is 250 Å². The molecule has 0 saturated carbocycles. The number of allylic oxidation sites excluding steroid dienone is 4. The van der Waals surface area contributed by atoms with Crippen LogP contribution in [-0.4, -0.2) is 47.4 Å². The molecule has 414 valence electrons. The van der Waals surface area contributed by atoms with E-state index < -0.39 is 12.1 Å². The first kappa shape index (κ1) is 68.3. The van der Waals surface area contributed by atoms with Gasteiger partial charge in [-0.05, 0) is 77.0 Å². The van der Waals surface area contributed by atoms with Gasteiger partial charge in [0.05, 0.1) is 25.4 Å². The molecule has 0 bridgehead atoms. The number of amides is 1. The van der Waals surface area contributed by atoms with Gasteiger partial charge in [0, 0.05) is 12.8 Å². The third-order valence-corrected chi connectivity index (χ3v) is 14.7. The topological polar surface area (TPSA) is 95.9 Å². The van der Waals surface area contributed by atoms with Crippen molar-refractivity contribution in [2.24, 2.45) is 0 Å². The first-order chi connectivity index (χ1) is 34.5. The van der Waals surface area contributed by atoms with Gasteiger partial charge in [0.2, 0.25) is 5.91 Å². The average Bonchev–Trinajstić information content (AvgIpc) is 3.36. The largest absolute Gasteiger partial charge is 0.466 e. The molecular formula is C64H123NO5. The summed E-state index contributed by atoms with van der Waals surface area (Å²) >= 11 is 0. The summed E-state index contributed by atoms with van der Waals surface area (Å²) in [7, 11) is 0. The normalized spacial score (nSPS) is 12.7. The lowest BCUT2D eigenvalue weighted by Crippen LogP contribution is -2.45. The summed E-state index contributed by atoms with van der Waals surface area (Å²) in [6.45, 7) is 4.94. The molecule has 0 aromatic rings. The van der Waals surface area contributed by atoms with E-state index >= 15 is 0 Å². The molecule has 0 radical (unpaired) electrons. The SMILES string of the molecule is CCCCCCC/C=C\CCCCCCCC(=O)OCCCCCCCCC/C=C\CCCCCCCC(=O)NC(CO)C(O)CCCCCCCCCCCCCCCCCCCCCCCCC. The van der Waals surface area contributed by atoms with E-state index in [1.54, 1.807) is 0 Å². The van der Waals surface area contributed by atoms with Gasteiger partial charge in [-0.3, -0.25) is 9.59 Å². The van der Waals surface area contributed by atoms with Crippen LogP contribution in [0, 0.1) is 0 Å². The fourth-order valence-corrected chi connectivity index (χ4v) is 9.87. The van der Waals surface area contributed by atoms with E-state index in [0.717, 1.165) is 64.2 Å². The van der Waals surface area contributed by atoms with E-state index in [0.29, 0.717) is 25.9 Å².